The van der Waals surface area contributed by atoms with E-state index in [2.05, 4.69) is 5.32 Å². The average Bonchev–Trinajstić information content (AvgIpc) is 2.74. The highest BCUT2D eigenvalue weighted by atomic mass is 35.5. The van der Waals surface area contributed by atoms with Crippen LogP contribution in [0.5, 0.6) is 5.75 Å². The molecule has 0 radical (unpaired) electrons. The van der Waals surface area contributed by atoms with Crippen molar-refractivity contribution in [2.24, 2.45) is 0 Å². The second kappa shape index (κ2) is 9.82. The maximum atomic E-state index is 12.9. The number of halogens is 3. The van der Waals surface area contributed by atoms with Crippen molar-refractivity contribution in [1.29, 1.82) is 0 Å². The van der Waals surface area contributed by atoms with Crippen molar-refractivity contribution in [1.82, 2.24) is 14.5 Å². The summed E-state index contributed by atoms with van der Waals surface area (Å²) in [6.45, 7) is 1.24. The average molecular weight is 476 g/mol. The summed E-state index contributed by atoms with van der Waals surface area (Å²) in [6, 6.07) is 9.73. The Hall–Kier alpha value is -2.07. The fourth-order valence-corrected chi connectivity index (χ4v) is 5.08. The molecule has 2 aromatic carbocycles. The van der Waals surface area contributed by atoms with E-state index in [1.165, 1.54) is 51.7 Å². The van der Waals surface area contributed by atoms with E-state index in [0.717, 1.165) is 0 Å². The minimum atomic E-state index is -3.81. The molecule has 2 amide bonds. The number of nitrogens with zero attached hydrogens (tertiary/aromatic N) is 2. The van der Waals surface area contributed by atoms with E-state index in [0.29, 0.717) is 5.75 Å². The molecular weight excluding hydrogens is 456 g/mol. The number of ether oxygens (including phenoxy) is 1. The van der Waals surface area contributed by atoms with E-state index in [1.807, 2.05) is 0 Å². The molecule has 1 aliphatic rings. The molecule has 11 heteroatoms. The van der Waals surface area contributed by atoms with Gasteiger partial charge in [0, 0.05) is 26.2 Å². The molecule has 0 aromatic heterocycles. The minimum Gasteiger partial charge on any atom is -0.492 e. The largest absolute Gasteiger partial charge is 0.492 e. The van der Waals surface area contributed by atoms with Crippen molar-refractivity contribution < 1.29 is 22.3 Å². The van der Waals surface area contributed by atoms with E-state index in [4.69, 9.17) is 27.9 Å². The number of amides is 2. The van der Waals surface area contributed by atoms with Crippen LogP contribution in [0.2, 0.25) is 10.0 Å². The van der Waals surface area contributed by atoms with Gasteiger partial charge in [-0.2, -0.15) is 4.31 Å². The van der Waals surface area contributed by atoms with Gasteiger partial charge in [0.15, 0.2) is 0 Å². The van der Waals surface area contributed by atoms with Crippen LogP contribution in [-0.2, 0) is 10.0 Å². The zero-order valence-electron chi connectivity index (χ0n) is 15.9. The highest BCUT2D eigenvalue weighted by Gasteiger charge is 2.31. The first kappa shape index (κ1) is 22.6. The zero-order valence-corrected chi connectivity index (χ0v) is 18.2. The fraction of sp³-hybridized carbons (Fsp3) is 0.316. The molecule has 0 saturated carbocycles. The molecule has 1 saturated heterocycles. The van der Waals surface area contributed by atoms with Crippen molar-refractivity contribution in [3.8, 4) is 5.75 Å². The van der Waals surface area contributed by atoms with Crippen LogP contribution < -0.4 is 10.1 Å². The Morgan fingerprint density at radius 3 is 2.40 bits per heavy atom. The molecule has 1 heterocycles. The van der Waals surface area contributed by atoms with Crippen LogP contribution in [0.15, 0.2) is 47.4 Å². The van der Waals surface area contributed by atoms with E-state index >= 15 is 0 Å². The Bertz CT molecular complexity index is 997. The zero-order chi connectivity index (χ0) is 21.7. The highest BCUT2D eigenvalue weighted by molar-refractivity contribution is 7.89. The molecule has 2 aromatic rings. The maximum absolute atomic E-state index is 12.9. The molecule has 0 atom stereocenters. The van der Waals surface area contributed by atoms with Crippen LogP contribution in [0.25, 0.3) is 0 Å². The molecule has 1 fully saturated rings. The third kappa shape index (κ3) is 5.34. The predicted molar refractivity (Wildman–Crippen MR) is 112 cm³/mol. The molecular formula is C19H20Cl2FN3O4S. The number of rotatable bonds is 6. The van der Waals surface area contributed by atoms with E-state index in [9.17, 15) is 17.6 Å². The summed E-state index contributed by atoms with van der Waals surface area (Å²) in [6.07, 6.45) is 0. The molecule has 0 spiro atoms. The lowest BCUT2D eigenvalue weighted by Crippen LogP contribution is -2.53. The Labute approximate surface area is 184 Å². The number of benzene rings is 2. The number of carbonyl (C=O) groups is 1. The van der Waals surface area contributed by atoms with Gasteiger partial charge in [-0.05, 0) is 36.4 Å². The Balaban J connectivity index is 1.47. The van der Waals surface area contributed by atoms with Crippen LogP contribution in [0.4, 0.5) is 9.18 Å². The maximum Gasteiger partial charge on any atom is 0.317 e. The summed E-state index contributed by atoms with van der Waals surface area (Å²) in [5.41, 5.74) is 0. The standard InChI is InChI=1S/C19H20Cl2FN3O4S/c20-16-2-1-3-17(18(16)21)30(27,28)25-11-9-24(10-12-25)19(26)23-8-13-29-15-6-4-14(22)5-7-15/h1-7H,8-13H2,(H,23,26). The minimum absolute atomic E-state index is 0.0134. The number of nitrogens with one attached hydrogen (secondary N) is 1. The van der Waals surface area contributed by atoms with Crippen LogP contribution in [0.1, 0.15) is 0 Å². The van der Waals surface area contributed by atoms with E-state index < -0.39 is 10.0 Å². The van der Waals surface area contributed by atoms with Crippen molar-refractivity contribution in [2.75, 3.05) is 39.3 Å². The fourth-order valence-electron chi connectivity index (χ4n) is 2.92. The summed E-state index contributed by atoms with van der Waals surface area (Å²) in [4.78, 5) is 13.8. The second-order valence-corrected chi connectivity index (χ2v) is 9.17. The first-order valence-electron chi connectivity index (χ1n) is 9.14. The van der Waals surface area contributed by atoms with Crippen LogP contribution >= 0.6 is 23.2 Å². The van der Waals surface area contributed by atoms with Gasteiger partial charge in [0.2, 0.25) is 10.0 Å². The third-order valence-electron chi connectivity index (χ3n) is 4.52. The lowest BCUT2D eigenvalue weighted by atomic mass is 10.3. The summed E-state index contributed by atoms with van der Waals surface area (Å²) in [5.74, 6) is 0.151. The number of carbonyl (C=O) groups excluding carboxylic acids is 1. The first-order valence-corrected chi connectivity index (χ1v) is 11.3. The molecule has 1 N–H and O–H groups in total. The Morgan fingerprint density at radius 2 is 1.73 bits per heavy atom. The Kier molecular flexibility index (Phi) is 7.41. The lowest BCUT2D eigenvalue weighted by Gasteiger charge is -2.34. The summed E-state index contributed by atoms with van der Waals surface area (Å²) >= 11 is 12.0. The number of hydrogen-bond donors (Lipinski definition) is 1. The molecule has 0 aliphatic carbocycles. The molecule has 0 unspecified atom stereocenters. The van der Waals surface area contributed by atoms with Crippen LogP contribution in [0.3, 0.4) is 0 Å². The number of urea groups is 1. The van der Waals surface area contributed by atoms with Gasteiger partial charge in [-0.25, -0.2) is 17.6 Å². The normalized spacial score (nSPS) is 15.1. The van der Waals surface area contributed by atoms with Gasteiger partial charge in [-0.3, -0.25) is 0 Å². The highest BCUT2D eigenvalue weighted by Crippen LogP contribution is 2.31. The molecule has 162 valence electrons. The first-order chi connectivity index (χ1) is 14.3. The Morgan fingerprint density at radius 1 is 1.07 bits per heavy atom. The van der Waals surface area contributed by atoms with Crippen LogP contribution in [-0.4, -0.2) is 63.0 Å². The quantitative estimate of drug-likeness (QED) is 0.650. The SMILES string of the molecule is O=C(NCCOc1ccc(F)cc1)N1CCN(S(=O)(=O)c2cccc(Cl)c2Cl)CC1. The van der Waals surface area contributed by atoms with Gasteiger partial charge >= 0.3 is 6.03 Å². The molecule has 7 nitrogen and oxygen atoms in total. The van der Waals surface area contributed by atoms with Gasteiger partial charge in [-0.15, -0.1) is 0 Å². The summed E-state index contributed by atoms with van der Waals surface area (Å²) in [5, 5.41) is 2.87. The van der Waals surface area contributed by atoms with Gasteiger partial charge < -0.3 is 15.0 Å². The molecule has 30 heavy (non-hydrogen) atoms. The number of hydrogen-bond acceptors (Lipinski definition) is 4. The lowest BCUT2D eigenvalue weighted by molar-refractivity contribution is 0.170. The molecule has 3 rings (SSSR count). The molecule has 0 bridgehead atoms. The van der Waals surface area contributed by atoms with Gasteiger partial charge in [-0.1, -0.05) is 29.3 Å². The van der Waals surface area contributed by atoms with Crippen molar-refractivity contribution in [3.63, 3.8) is 0 Å². The molecule has 1 aliphatic heterocycles. The van der Waals surface area contributed by atoms with Crippen molar-refractivity contribution >= 4 is 39.3 Å². The van der Waals surface area contributed by atoms with Gasteiger partial charge in [0.1, 0.15) is 23.1 Å². The van der Waals surface area contributed by atoms with Gasteiger partial charge in [0.05, 0.1) is 16.6 Å². The second-order valence-electron chi connectivity index (χ2n) is 6.48. The smallest absolute Gasteiger partial charge is 0.317 e. The number of sulfonamides is 1. The summed E-state index contributed by atoms with van der Waals surface area (Å²) in [7, 11) is -3.81. The summed E-state index contributed by atoms with van der Waals surface area (Å²) < 4.78 is 45.2. The van der Waals surface area contributed by atoms with E-state index in [1.54, 1.807) is 0 Å². The van der Waals surface area contributed by atoms with Gasteiger partial charge in [0.25, 0.3) is 0 Å². The topological polar surface area (TPSA) is 79.0 Å². The van der Waals surface area contributed by atoms with Crippen molar-refractivity contribution in [2.45, 2.75) is 4.90 Å². The van der Waals surface area contributed by atoms with Crippen LogP contribution in [0, 0.1) is 5.82 Å². The van der Waals surface area contributed by atoms with E-state index in [-0.39, 0.29) is 66.1 Å². The number of piperazine rings is 1. The predicted octanol–water partition coefficient (Wildman–Crippen LogP) is 3.23. The monoisotopic (exact) mass is 475 g/mol. The third-order valence-corrected chi connectivity index (χ3v) is 7.39. The van der Waals surface area contributed by atoms with Crippen molar-refractivity contribution in [3.05, 3.63) is 58.3 Å².